The molecule has 0 spiro atoms. The molecule has 4 aromatic rings. The van der Waals surface area contributed by atoms with E-state index in [0.29, 0.717) is 33.1 Å². The predicted octanol–water partition coefficient (Wildman–Crippen LogP) is 4.85. The maximum Gasteiger partial charge on any atom is 0.250 e. The molecule has 10 heteroatoms. The van der Waals surface area contributed by atoms with E-state index < -0.39 is 0 Å². The summed E-state index contributed by atoms with van der Waals surface area (Å²) in [5, 5.41) is 13.9. The molecule has 0 fully saturated rings. The molecule has 0 aliphatic heterocycles. The van der Waals surface area contributed by atoms with Gasteiger partial charge in [-0.05, 0) is 36.4 Å². The first-order valence-corrected chi connectivity index (χ1v) is 11.9. The van der Waals surface area contributed by atoms with Crippen LogP contribution in [0, 0.1) is 0 Å². The summed E-state index contributed by atoms with van der Waals surface area (Å²) in [7, 11) is 3.17. The maximum atomic E-state index is 12.4. The highest BCUT2D eigenvalue weighted by Gasteiger charge is 2.18. The SMILES string of the molecule is COc1ccc(-c2nnc(SCC(=O)N/N=C/c3ccccc3Cl)n2-c2ccccc2)cc1OC. The highest BCUT2D eigenvalue weighted by atomic mass is 35.5. The Kier molecular flexibility index (Phi) is 8.02. The van der Waals surface area contributed by atoms with Gasteiger partial charge < -0.3 is 9.47 Å². The van der Waals surface area contributed by atoms with Crippen molar-refractivity contribution in [3.8, 4) is 28.6 Å². The fraction of sp³-hybridized carbons (Fsp3) is 0.120. The summed E-state index contributed by atoms with van der Waals surface area (Å²) in [6, 6.07) is 22.5. The van der Waals surface area contributed by atoms with Gasteiger partial charge in [0.15, 0.2) is 22.5 Å². The van der Waals surface area contributed by atoms with Crippen LogP contribution in [0.3, 0.4) is 0 Å². The minimum absolute atomic E-state index is 0.0940. The highest BCUT2D eigenvalue weighted by molar-refractivity contribution is 7.99. The van der Waals surface area contributed by atoms with E-state index in [2.05, 4.69) is 20.7 Å². The number of amides is 1. The van der Waals surface area contributed by atoms with Crippen molar-refractivity contribution in [2.24, 2.45) is 5.10 Å². The minimum atomic E-state index is -0.284. The second-order valence-corrected chi connectivity index (χ2v) is 8.50. The molecule has 1 aromatic heterocycles. The van der Waals surface area contributed by atoms with Gasteiger partial charge in [-0.2, -0.15) is 5.10 Å². The van der Waals surface area contributed by atoms with Gasteiger partial charge in [-0.25, -0.2) is 5.43 Å². The molecule has 1 N–H and O–H groups in total. The molecule has 35 heavy (non-hydrogen) atoms. The third-order valence-corrected chi connectivity index (χ3v) is 6.19. The zero-order chi connectivity index (χ0) is 24.6. The number of hydrazone groups is 1. The lowest BCUT2D eigenvalue weighted by Crippen LogP contribution is -2.20. The van der Waals surface area contributed by atoms with Gasteiger partial charge in [-0.15, -0.1) is 10.2 Å². The van der Waals surface area contributed by atoms with Gasteiger partial charge in [0.2, 0.25) is 0 Å². The van der Waals surface area contributed by atoms with Crippen molar-refractivity contribution < 1.29 is 14.3 Å². The number of hydrogen-bond acceptors (Lipinski definition) is 7. The quantitative estimate of drug-likeness (QED) is 0.198. The van der Waals surface area contributed by atoms with Gasteiger partial charge in [0.25, 0.3) is 5.91 Å². The van der Waals surface area contributed by atoms with Crippen LogP contribution < -0.4 is 14.9 Å². The van der Waals surface area contributed by atoms with Gasteiger partial charge in [0.05, 0.1) is 26.2 Å². The lowest BCUT2D eigenvalue weighted by molar-refractivity contribution is -0.118. The first-order valence-electron chi connectivity index (χ1n) is 10.5. The lowest BCUT2D eigenvalue weighted by atomic mass is 10.2. The van der Waals surface area contributed by atoms with E-state index in [4.69, 9.17) is 21.1 Å². The van der Waals surface area contributed by atoms with E-state index in [1.54, 1.807) is 20.3 Å². The van der Waals surface area contributed by atoms with Crippen molar-refractivity contribution in [1.82, 2.24) is 20.2 Å². The first-order chi connectivity index (χ1) is 17.1. The van der Waals surface area contributed by atoms with Crippen molar-refractivity contribution in [1.29, 1.82) is 0 Å². The van der Waals surface area contributed by atoms with E-state index in [9.17, 15) is 4.79 Å². The number of aromatic nitrogens is 3. The van der Waals surface area contributed by atoms with E-state index >= 15 is 0 Å². The maximum absolute atomic E-state index is 12.4. The topological polar surface area (TPSA) is 90.6 Å². The normalized spacial score (nSPS) is 10.9. The number of halogens is 1. The van der Waals surface area contributed by atoms with Crippen LogP contribution in [-0.4, -0.2) is 46.9 Å². The zero-order valence-electron chi connectivity index (χ0n) is 19.0. The lowest BCUT2D eigenvalue weighted by Gasteiger charge is -2.12. The van der Waals surface area contributed by atoms with Gasteiger partial charge in [0.1, 0.15) is 0 Å². The fourth-order valence-electron chi connectivity index (χ4n) is 3.25. The van der Waals surface area contributed by atoms with Crippen molar-refractivity contribution in [2.45, 2.75) is 5.16 Å². The summed E-state index contributed by atoms with van der Waals surface area (Å²) in [5.41, 5.74) is 4.88. The number of rotatable bonds is 9. The Morgan fingerprint density at radius 3 is 2.51 bits per heavy atom. The smallest absolute Gasteiger partial charge is 0.250 e. The average molecular weight is 508 g/mol. The second kappa shape index (κ2) is 11.5. The van der Waals surface area contributed by atoms with Crippen LogP contribution in [0.25, 0.3) is 17.1 Å². The molecule has 178 valence electrons. The van der Waals surface area contributed by atoms with Crippen molar-refractivity contribution in [3.63, 3.8) is 0 Å². The Morgan fingerprint density at radius 1 is 1.03 bits per heavy atom. The summed E-state index contributed by atoms with van der Waals surface area (Å²) in [6.45, 7) is 0. The standard InChI is InChI=1S/C25H22ClN5O3S/c1-33-21-13-12-17(14-22(21)34-2)24-29-30-25(31(24)19-9-4-3-5-10-19)35-16-23(32)28-27-15-18-8-6-7-11-20(18)26/h3-15H,16H2,1-2H3,(H,28,32)/b27-15+. The Morgan fingerprint density at radius 2 is 1.77 bits per heavy atom. The summed E-state index contributed by atoms with van der Waals surface area (Å²) in [6.07, 6.45) is 1.51. The third kappa shape index (κ3) is 5.82. The molecule has 0 atom stereocenters. The van der Waals surface area contributed by atoms with E-state index in [0.717, 1.165) is 11.3 Å². The average Bonchev–Trinajstić information content (AvgIpc) is 3.32. The van der Waals surface area contributed by atoms with Crippen molar-refractivity contribution in [3.05, 3.63) is 83.4 Å². The van der Waals surface area contributed by atoms with E-state index in [1.165, 1.54) is 18.0 Å². The molecular formula is C25H22ClN5O3S. The van der Waals surface area contributed by atoms with E-state index in [1.807, 2.05) is 71.3 Å². The summed E-state index contributed by atoms with van der Waals surface area (Å²) in [5.74, 6) is 1.62. The number of benzene rings is 3. The Labute approximate surface area is 211 Å². The number of carbonyl (C=O) groups is 1. The van der Waals surface area contributed by atoms with Crippen LogP contribution in [0.4, 0.5) is 0 Å². The van der Waals surface area contributed by atoms with Crippen LogP contribution in [0.5, 0.6) is 11.5 Å². The minimum Gasteiger partial charge on any atom is -0.493 e. The molecule has 0 radical (unpaired) electrons. The number of nitrogens with zero attached hydrogens (tertiary/aromatic N) is 4. The molecule has 0 bridgehead atoms. The molecule has 0 unspecified atom stereocenters. The molecule has 1 amide bonds. The number of nitrogens with one attached hydrogen (secondary N) is 1. The molecule has 8 nitrogen and oxygen atoms in total. The predicted molar refractivity (Wildman–Crippen MR) is 138 cm³/mol. The molecule has 0 saturated heterocycles. The zero-order valence-corrected chi connectivity index (χ0v) is 20.6. The van der Waals surface area contributed by atoms with Gasteiger partial charge in [0, 0.05) is 21.8 Å². The molecule has 0 aliphatic rings. The van der Waals surface area contributed by atoms with Crippen LogP contribution >= 0.6 is 23.4 Å². The van der Waals surface area contributed by atoms with Crippen molar-refractivity contribution in [2.75, 3.05) is 20.0 Å². The number of para-hydroxylation sites is 1. The molecule has 4 rings (SSSR count). The van der Waals surface area contributed by atoms with Gasteiger partial charge in [-0.1, -0.05) is 59.8 Å². The van der Waals surface area contributed by atoms with Gasteiger partial charge >= 0.3 is 0 Å². The third-order valence-electron chi connectivity index (χ3n) is 4.92. The first kappa shape index (κ1) is 24.3. The van der Waals surface area contributed by atoms with Crippen LogP contribution in [0.1, 0.15) is 5.56 Å². The Hall–Kier alpha value is -3.82. The van der Waals surface area contributed by atoms with Crippen LogP contribution in [0.15, 0.2) is 83.1 Å². The Bertz CT molecular complexity index is 1340. The molecule has 3 aromatic carbocycles. The molecule has 0 saturated carbocycles. The number of thioether (sulfide) groups is 1. The monoisotopic (exact) mass is 507 g/mol. The number of methoxy groups -OCH3 is 2. The van der Waals surface area contributed by atoms with Crippen LogP contribution in [0.2, 0.25) is 5.02 Å². The number of hydrogen-bond donors (Lipinski definition) is 1. The summed E-state index contributed by atoms with van der Waals surface area (Å²) >= 11 is 7.36. The van der Waals surface area contributed by atoms with Gasteiger partial charge in [-0.3, -0.25) is 9.36 Å². The molecular weight excluding hydrogens is 486 g/mol. The second-order valence-electron chi connectivity index (χ2n) is 7.15. The van der Waals surface area contributed by atoms with E-state index in [-0.39, 0.29) is 11.7 Å². The highest BCUT2D eigenvalue weighted by Crippen LogP contribution is 2.34. The molecule has 0 aliphatic carbocycles. The Balaban J connectivity index is 1.55. The molecule has 1 heterocycles. The fourth-order valence-corrected chi connectivity index (χ4v) is 4.18. The van der Waals surface area contributed by atoms with Crippen LogP contribution in [-0.2, 0) is 4.79 Å². The number of ether oxygens (including phenoxy) is 2. The largest absolute Gasteiger partial charge is 0.493 e. The summed E-state index contributed by atoms with van der Waals surface area (Å²) in [4.78, 5) is 12.4. The van der Waals surface area contributed by atoms with Crippen molar-refractivity contribution >= 4 is 35.5 Å². The number of carbonyl (C=O) groups excluding carboxylic acids is 1. The summed E-state index contributed by atoms with van der Waals surface area (Å²) < 4.78 is 12.7.